The zero-order valence-electron chi connectivity index (χ0n) is 21.4. The largest absolute Gasteiger partial charge is 0.328 e. The zero-order chi connectivity index (χ0) is 25.8. The Morgan fingerprint density at radius 1 is 1.26 bits per heavy atom. The summed E-state index contributed by atoms with van der Waals surface area (Å²) in [6.07, 6.45) is 6.74. The van der Waals surface area contributed by atoms with E-state index in [1.807, 2.05) is 31.5 Å². The van der Waals surface area contributed by atoms with E-state index in [-0.39, 0.29) is 22.4 Å². The number of amides is 1. The van der Waals surface area contributed by atoms with Crippen molar-refractivity contribution < 1.29 is 13.6 Å². The van der Waals surface area contributed by atoms with E-state index < -0.39 is 17.7 Å². The molecule has 35 heavy (non-hydrogen) atoms. The maximum Gasteiger partial charge on any atom is 0.242 e. The Morgan fingerprint density at radius 3 is 2.69 bits per heavy atom. The number of hydrogen-bond acceptors (Lipinski definition) is 4. The van der Waals surface area contributed by atoms with Gasteiger partial charge in [-0.3, -0.25) is 4.79 Å². The lowest BCUT2D eigenvalue weighted by Gasteiger charge is -2.29. The summed E-state index contributed by atoms with van der Waals surface area (Å²) in [4.78, 5) is 17.2. The number of carbonyl (C=O) groups is 1. The molecule has 0 saturated carbocycles. The molecule has 0 radical (unpaired) electrons. The molecule has 0 fully saturated rings. The highest BCUT2D eigenvalue weighted by Crippen LogP contribution is 2.26. The summed E-state index contributed by atoms with van der Waals surface area (Å²) in [5, 5.41) is 9.72. The Kier molecular flexibility index (Phi) is 8.94. The highest BCUT2D eigenvalue weighted by atomic mass is 35.5. The predicted molar refractivity (Wildman–Crippen MR) is 137 cm³/mol. The molecule has 0 spiro atoms. The van der Waals surface area contributed by atoms with E-state index in [9.17, 15) is 13.6 Å². The Labute approximate surface area is 212 Å². The molecule has 0 bridgehead atoms. The Hall–Kier alpha value is -2.03. The third-order valence-electron chi connectivity index (χ3n) is 6.43. The van der Waals surface area contributed by atoms with Crippen molar-refractivity contribution in [2.45, 2.75) is 89.2 Å². The molecule has 2 atom stereocenters. The summed E-state index contributed by atoms with van der Waals surface area (Å²) in [5.74, 6) is -0.737. The van der Waals surface area contributed by atoms with Crippen LogP contribution in [0.2, 0.25) is 0 Å². The van der Waals surface area contributed by atoms with Crippen molar-refractivity contribution in [2.75, 3.05) is 18.4 Å². The number of fused-ring (bicyclic) bond motifs is 1. The fourth-order valence-electron chi connectivity index (χ4n) is 4.48. The number of nitrogens with one attached hydrogen (secondary N) is 3. The number of halogens is 3. The summed E-state index contributed by atoms with van der Waals surface area (Å²) in [7, 11) is 0. The third-order valence-corrected chi connectivity index (χ3v) is 6.57. The lowest BCUT2D eigenvalue weighted by atomic mass is 9.87. The molecule has 9 heteroatoms. The maximum absolute atomic E-state index is 14.3. The normalized spacial score (nSPS) is 17.2. The molecule has 3 rings (SSSR count). The van der Waals surface area contributed by atoms with Crippen molar-refractivity contribution in [3.63, 3.8) is 0 Å². The molecular formula is C26H38ClF2N5O. The number of nitrogens with zero attached hydrogens (tertiary/aromatic N) is 2. The van der Waals surface area contributed by atoms with Gasteiger partial charge in [-0.1, -0.05) is 13.3 Å². The average molecular weight is 510 g/mol. The van der Waals surface area contributed by atoms with Gasteiger partial charge >= 0.3 is 0 Å². The first kappa shape index (κ1) is 27.6. The number of imidazole rings is 1. The quantitative estimate of drug-likeness (QED) is 0.382. The van der Waals surface area contributed by atoms with Gasteiger partial charge in [0.25, 0.3) is 0 Å². The maximum atomic E-state index is 14.3. The SMILES string of the molecule is CCC[C@H](N[C@H]1CCc2cc(F)cc(F)c2C1)C(=O)Nc1cn(C(C)(C)CNCC(C)(C)Cl)cn1. The molecule has 0 unspecified atom stereocenters. The van der Waals surface area contributed by atoms with Crippen LogP contribution in [0.4, 0.5) is 14.6 Å². The standard InChI is InChI=1S/C26H38ClF2N5O/c1-6-7-22(32-19-9-8-17-10-18(28)11-21(29)20(17)12-19)24(35)33-23-13-34(16-31-23)26(4,5)15-30-14-25(2,3)27/h10-11,13,16,19,22,30,32H,6-9,12,14-15H2,1-5H3,(H,33,35)/t19-,22-/m0/s1. The van der Waals surface area contributed by atoms with Crippen molar-refractivity contribution >= 4 is 23.3 Å². The molecule has 0 aliphatic heterocycles. The van der Waals surface area contributed by atoms with Gasteiger partial charge in [0, 0.05) is 31.4 Å². The van der Waals surface area contributed by atoms with Crippen molar-refractivity contribution in [1.29, 1.82) is 0 Å². The summed E-state index contributed by atoms with van der Waals surface area (Å²) in [6.45, 7) is 11.5. The van der Waals surface area contributed by atoms with E-state index in [0.29, 0.717) is 49.3 Å². The minimum Gasteiger partial charge on any atom is -0.328 e. The van der Waals surface area contributed by atoms with Gasteiger partial charge in [0.2, 0.25) is 5.91 Å². The monoisotopic (exact) mass is 509 g/mol. The molecular weight excluding hydrogens is 472 g/mol. The number of carbonyl (C=O) groups excluding carboxylic acids is 1. The van der Waals surface area contributed by atoms with E-state index >= 15 is 0 Å². The summed E-state index contributed by atoms with van der Waals surface area (Å²) in [6, 6.07) is 1.86. The van der Waals surface area contributed by atoms with E-state index in [1.54, 1.807) is 6.33 Å². The number of aromatic nitrogens is 2. The van der Waals surface area contributed by atoms with Gasteiger partial charge in [0.15, 0.2) is 5.82 Å². The highest BCUT2D eigenvalue weighted by Gasteiger charge is 2.28. The zero-order valence-corrected chi connectivity index (χ0v) is 22.1. The molecule has 1 aromatic carbocycles. The van der Waals surface area contributed by atoms with Crippen LogP contribution in [0.3, 0.4) is 0 Å². The first-order chi connectivity index (χ1) is 16.4. The fourth-order valence-corrected chi connectivity index (χ4v) is 4.58. The van der Waals surface area contributed by atoms with E-state index in [1.165, 1.54) is 6.07 Å². The van der Waals surface area contributed by atoms with Crippen LogP contribution < -0.4 is 16.0 Å². The molecule has 6 nitrogen and oxygen atoms in total. The second kappa shape index (κ2) is 11.4. The van der Waals surface area contributed by atoms with Crippen molar-refractivity contribution in [1.82, 2.24) is 20.2 Å². The summed E-state index contributed by atoms with van der Waals surface area (Å²) < 4.78 is 29.8. The molecule has 3 N–H and O–H groups in total. The van der Waals surface area contributed by atoms with Crippen LogP contribution in [0, 0.1) is 11.6 Å². The molecule has 1 amide bonds. The molecule has 1 heterocycles. The average Bonchev–Trinajstić information content (AvgIpc) is 3.22. The van der Waals surface area contributed by atoms with Crippen LogP contribution in [0.1, 0.15) is 65.0 Å². The Bertz CT molecular complexity index is 1020. The van der Waals surface area contributed by atoms with Crippen LogP contribution in [-0.4, -0.2) is 45.5 Å². The van der Waals surface area contributed by atoms with Crippen LogP contribution >= 0.6 is 11.6 Å². The lowest BCUT2D eigenvalue weighted by Crippen LogP contribution is -2.48. The van der Waals surface area contributed by atoms with Crippen molar-refractivity contribution in [3.8, 4) is 0 Å². The summed E-state index contributed by atoms with van der Waals surface area (Å²) >= 11 is 6.26. The van der Waals surface area contributed by atoms with Crippen molar-refractivity contribution in [3.05, 3.63) is 47.4 Å². The van der Waals surface area contributed by atoms with Gasteiger partial charge in [0.1, 0.15) is 11.6 Å². The van der Waals surface area contributed by atoms with Gasteiger partial charge in [-0.05, 0) is 70.6 Å². The molecule has 1 aromatic heterocycles. The third kappa shape index (κ3) is 7.72. The molecule has 1 aliphatic carbocycles. The van der Waals surface area contributed by atoms with Crippen molar-refractivity contribution in [2.24, 2.45) is 0 Å². The molecule has 194 valence electrons. The number of benzene rings is 1. The van der Waals surface area contributed by atoms with Crippen LogP contribution in [0.25, 0.3) is 0 Å². The second-order valence-electron chi connectivity index (χ2n) is 10.8. The van der Waals surface area contributed by atoms with E-state index in [4.69, 9.17) is 11.6 Å². The first-order valence-corrected chi connectivity index (χ1v) is 12.7. The number of anilines is 1. The van der Waals surface area contributed by atoms with Gasteiger partial charge in [-0.25, -0.2) is 13.8 Å². The lowest BCUT2D eigenvalue weighted by molar-refractivity contribution is -0.118. The Balaban J connectivity index is 1.61. The fraction of sp³-hybridized carbons (Fsp3) is 0.615. The van der Waals surface area contributed by atoms with Crippen LogP contribution in [0.15, 0.2) is 24.7 Å². The van der Waals surface area contributed by atoms with Gasteiger partial charge < -0.3 is 20.5 Å². The first-order valence-electron chi connectivity index (χ1n) is 12.4. The van der Waals surface area contributed by atoms with Gasteiger partial charge in [-0.2, -0.15) is 0 Å². The van der Waals surface area contributed by atoms with Gasteiger partial charge in [0.05, 0.1) is 22.8 Å². The molecule has 1 aliphatic rings. The summed E-state index contributed by atoms with van der Waals surface area (Å²) in [5.41, 5.74) is 0.991. The van der Waals surface area contributed by atoms with Gasteiger partial charge in [-0.15, -0.1) is 11.6 Å². The van der Waals surface area contributed by atoms with E-state index in [0.717, 1.165) is 18.9 Å². The van der Waals surface area contributed by atoms with Crippen LogP contribution in [-0.2, 0) is 23.2 Å². The molecule has 0 saturated heterocycles. The number of hydrogen-bond donors (Lipinski definition) is 3. The smallest absolute Gasteiger partial charge is 0.242 e. The Morgan fingerprint density at radius 2 is 2.00 bits per heavy atom. The van der Waals surface area contributed by atoms with Crippen LogP contribution in [0.5, 0.6) is 0 Å². The number of rotatable bonds is 11. The minimum atomic E-state index is -0.544. The molecule has 2 aromatic rings. The topological polar surface area (TPSA) is 71.0 Å². The minimum absolute atomic E-state index is 0.0569. The number of aryl methyl sites for hydroxylation is 1. The second-order valence-corrected chi connectivity index (χ2v) is 11.8. The van der Waals surface area contributed by atoms with E-state index in [2.05, 4.69) is 34.8 Å². The predicted octanol–water partition coefficient (Wildman–Crippen LogP) is 4.76. The number of alkyl halides is 1. The highest BCUT2D eigenvalue weighted by molar-refractivity contribution is 6.23.